The normalized spacial score (nSPS) is 15.9. The monoisotopic (exact) mass is 490 g/mol. The Bertz CT molecular complexity index is 1450. The first kappa shape index (κ1) is 22.9. The average Bonchev–Trinajstić information content (AvgIpc) is 3.65. The fourth-order valence-corrected chi connectivity index (χ4v) is 4.99. The maximum absolute atomic E-state index is 15.0. The number of fused-ring (bicyclic) bond motifs is 2. The number of hydrogen-bond acceptors (Lipinski definition) is 7. The van der Waals surface area contributed by atoms with E-state index in [1.165, 1.54) is 11.6 Å². The summed E-state index contributed by atoms with van der Waals surface area (Å²) in [6, 6.07) is 7.29. The smallest absolute Gasteiger partial charge is 0.229 e. The summed E-state index contributed by atoms with van der Waals surface area (Å²) in [7, 11) is 0. The van der Waals surface area contributed by atoms with Gasteiger partial charge in [0.2, 0.25) is 5.95 Å². The van der Waals surface area contributed by atoms with Crippen molar-refractivity contribution in [1.29, 1.82) is 0 Å². The summed E-state index contributed by atoms with van der Waals surface area (Å²) in [4.78, 5) is 20.0. The van der Waals surface area contributed by atoms with Crippen molar-refractivity contribution in [3.63, 3.8) is 0 Å². The van der Waals surface area contributed by atoms with Crippen LogP contribution in [0.3, 0.4) is 0 Å². The highest BCUT2D eigenvalue weighted by molar-refractivity contribution is 5.83. The van der Waals surface area contributed by atoms with Crippen LogP contribution in [0, 0.1) is 18.6 Å². The van der Waals surface area contributed by atoms with E-state index in [1.807, 2.05) is 23.6 Å². The lowest BCUT2D eigenvalue weighted by atomic mass is 10.1. The minimum Gasteiger partial charge on any atom is -0.330 e. The van der Waals surface area contributed by atoms with Crippen molar-refractivity contribution in [2.24, 2.45) is 5.73 Å². The number of imidazole rings is 1. The molecule has 1 aliphatic carbocycles. The van der Waals surface area contributed by atoms with E-state index in [2.05, 4.69) is 25.2 Å². The molecule has 0 unspecified atom stereocenters. The molecule has 36 heavy (non-hydrogen) atoms. The number of halogens is 2. The average molecular weight is 491 g/mol. The van der Waals surface area contributed by atoms with E-state index in [0.29, 0.717) is 35.0 Å². The van der Waals surface area contributed by atoms with Crippen LogP contribution in [0.15, 0.2) is 30.5 Å². The molecule has 186 valence electrons. The number of aryl methyl sites for hydroxylation is 1. The summed E-state index contributed by atoms with van der Waals surface area (Å²) in [6.07, 6.45) is 5.00. The fourth-order valence-electron chi connectivity index (χ4n) is 4.99. The first-order valence-electron chi connectivity index (χ1n) is 12.4. The Morgan fingerprint density at radius 2 is 1.97 bits per heavy atom. The summed E-state index contributed by atoms with van der Waals surface area (Å²) in [5.74, 6) is 0.436. The Hall–Kier alpha value is -3.50. The molecule has 4 aromatic rings. The second-order valence-corrected chi connectivity index (χ2v) is 9.57. The van der Waals surface area contributed by atoms with E-state index in [4.69, 9.17) is 10.7 Å². The van der Waals surface area contributed by atoms with E-state index in [1.54, 1.807) is 6.07 Å². The Morgan fingerprint density at radius 1 is 1.11 bits per heavy atom. The number of rotatable bonds is 7. The number of nitrogens with zero attached hydrogens (tertiary/aromatic N) is 6. The van der Waals surface area contributed by atoms with Crippen molar-refractivity contribution in [2.75, 3.05) is 25.0 Å². The molecule has 0 saturated heterocycles. The molecule has 1 aromatic carbocycles. The SMILES string of the molecule is Cc1nc2c(F)cc(-c3nc(Nc4ccc5c(n4)CCN(CCCN)C5)ncc3F)cc2n1C1CC1. The zero-order valence-corrected chi connectivity index (χ0v) is 20.1. The van der Waals surface area contributed by atoms with E-state index < -0.39 is 11.6 Å². The lowest BCUT2D eigenvalue weighted by Gasteiger charge is -2.28. The van der Waals surface area contributed by atoms with Crippen LogP contribution in [-0.2, 0) is 13.0 Å². The molecule has 3 N–H and O–H groups in total. The summed E-state index contributed by atoms with van der Waals surface area (Å²) in [5.41, 5.74) is 9.20. The molecule has 1 fully saturated rings. The van der Waals surface area contributed by atoms with Gasteiger partial charge in [0.25, 0.3) is 0 Å². The summed E-state index contributed by atoms with van der Waals surface area (Å²) < 4.78 is 31.8. The summed E-state index contributed by atoms with van der Waals surface area (Å²) >= 11 is 0. The van der Waals surface area contributed by atoms with Crippen LogP contribution in [0.2, 0.25) is 0 Å². The van der Waals surface area contributed by atoms with Gasteiger partial charge < -0.3 is 15.6 Å². The van der Waals surface area contributed by atoms with Gasteiger partial charge in [-0.05, 0) is 63.0 Å². The number of anilines is 2. The Kier molecular flexibility index (Phi) is 5.85. The predicted octanol–water partition coefficient (Wildman–Crippen LogP) is 4.26. The topological polar surface area (TPSA) is 97.8 Å². The van der Waals surface area contributed by atoms with Crippen molar-refractivity contribution >= 4 is 22.8 Å². The van der Waals surface area contributed by atoms with Gasteiger partial charge in [0.05, 0.1) is 11.7 Å². The third-order valence-electron chi connectivity index (χ3n) is 6.90. The predicted molar refractivity (Wildman–Crippen MR) is 134 cm³/mol. The molecule has 10 heteroatoms. The molecular formula is C26H28F2N8. The second-order valence-electron chi connectivity index (χ2n) is 9.57. The maximum Gasteiger partial charge on any atom is 0.229 e. The number of nitrogens with two attached hydrogens (primary N) is 1. The summed E-state index contributed by atoms with van der Waals surface area (Å²) in [5, 5.41) is 3.09. The van der Waals surface area contributed by atoms with Crippen LogP contribution >= 0.6 is 0 Å². The largest absolute Gasteiger partial charge is 0.330 e. The van der Waals surface area contributed by atoms with E-state index in [9.17, 15) is 8.78 Å². The van der Waals surface area contributed by atoms with Crippen LogP contribution < -0.4 is 11.1 Å². The highest BCUT2D eigenvalue weighted by Gasteiger charge is 2.28. The number of aromatic nitrogens is 5. The molecule has 8 nitrogen and oxygen atoms in total. The van der Waals surface area contributed by atoms with Gasteiger partial charge >= 0.3 is 0 Å². The first-order chi connectivity index (χ1) is 17.5. The van der Waals surface area contributed by atoms with Gasteiger partial charge in [-0.25, -0.2) is 28.7 Å². The molecule has 6 rings (SSSR count). The number of benzene rings is 1. The Labute approximate surface area is 207 Å². The maximum atomic E-state index is 15.0. The van der Waals surface area contributed by atoms with Gasteiger partial charge in [-0.1, -0.05) is 6.07 Å². The molecule has 2 aliphatic rings. The van der Waals surface area contributed by atoms with Crippen LogP contribution in [0.1, 0.15) is 42.4 Å². The lowest BCUT2D eigenvalue weighted by molar-refractivity contribution is 0.250. The van der Waals surface area contributed by atoms with E-state index >= 15 is 0 Å². The Morgan fingerprint density at radius 3 is 2.78 bits per heavy atom. The van der Waals surface area contributed by atoms with Gasteiger partial charge in [-0.3, -0.25) is 4.90 Å². The summed E-state index contributed by atoms with van der Waals surface area (Å²) in [6.45, 7) is 5.33. The molecule has 0 bridgehead atoms. The molecule has 0 radical (unpaired) electrons. The molecule has 1 saturated carbocycles. The molecule has 0 atom stereocenters. The number of nitrogens with one attached hydrogen (secondary N) is 1. The van der Waals surface area contributed by atoms with Crippen molar-refractivity contribution in [2.45, 2.75) is 45.2 Å². The van der Waals surface area contributed by atoms with Gasteiger partial charge in [0, 0.05) is 36.8 Å². The first-order valence-corrected chi connectivity index (χ1v) is 12.4. The van der Waals surface area contributed by atoms with E-state index in [0.717, 1.165) is 63.0 Å². The van der Waals surface area contributed by atoms with Gasteiger partial charge in [0.1, 0.15) is 22.9 Å². The highest BCUT2D eigenvalue weighted by Crippen LogP contribution is 2.40. The molecule has 1 aliphatic heterocycles. The van der Waals surface area contributed by atoms with E-state index in [-0.39, 0.29) is 11.6 Å². The third-order valence-corrected chi connectivity index (χ3v) is 6.90. The van der Waals surface area contributed by atoms with Gasteiger partial charge in [-0.15, -0.1) is 0 Å². The molecular weight excluding hydrogens is 462 g/mol. The second kappa shape index (κ2) is 9.18. The number of hydrogen-bond donors (Lipinski definition) is 2. The zero-order valence-electron chi connectivity index (χ0n) is 20.1. The van der Waals surface area contributed by atoms with Gasteiger partial charge in [0.15, 0.2) is 11.6 Å². The quantitative estimate of drug-likeness (QED) is 0.399. The molecule has 0 spiro atoms. The van der Waals surface area contributed by atoms with Crippen molar-refractivity contribution < 1.29 is 8.78 Å². The lowest BCUT2D eigenvalue weighted by Crippen LogP contribution is -2.32. The standard InChI is InChI=1S/C26H28F2N8/c1-15-31-25-19(27)11-17(12-22(25)36(15)18-4-5-18)24-20(28)13-30-26(34-24)33-23-6-3-16-14-35(9-2-8-29)10-7-21(16)32-23/h3,6,11-13,18H,2,4-5,7-10,14,29H2,1H3,(H,30,32,33,34). The third kappa shape index (κ3) is 4.31. The van der Waals surface area contributed by atoms with Crippen LogP contribution in [0.5, 0.6) is 0 Å². The van der Waals surface area contributed by atoms with Crippen molar-refractivity contribution in [3.05, 3.63) is 59.2 Å². The molecule has 4 heterocycles. The number of pyridine rings is 1. The minimum atomic E-state index is -0.621. The zero-order chi connectivity index (χ0) is 24.8. The van der Waals surface area contributed by atoms with Crippen LogP contribution in [0.4, 0.5) is 20.5 Å². The molecule has 0 amide bonds. The van der Waals surface area contributed by atoms with Crippen molar-refractivity contribution in [3.8, 4) is 11.3 Å². The van der Waals surface area contributed by atoms with Gasteiger partial charge in [-0.2, -0.15) is 0 Å². The van der Waals surface area contributed by atoms with Crippen molar-refractivity contribution in [1.82, 2.24) is 29.4 Å². The Balaban J connectivity index is 1.28. The minimum absolute atomic E-state index is 0.0306. The van der Waals surface area contributed by atoms with Crippen LogP contribution in [0.25, 0.3) is 22.3 Å². The fraction of sp³-hybridized carbons (Fsp3) is 0.385. The highest BCUT2D eigenvalue weighted by atomic mass is 19.1. The van der Waals surface area contributed by atoms with Crippen LogP contribution in [-0.4, -0.2) is 49.0 Å². The molecule has 3 aromatic heterocycles.